The van der Waals surface area contributed by atoms with Crippen molar-refractivity contribution in [3.63, 3.8) is 0 Å². The van der Waals surface area contributed by atoms with Gasteiger partial charge in [0.1, 0.15) is 6.29 Å². The molecule has 1 aliphatic rings. The summed E-state index contributed by atoms with van der Waals surface area (Å²) in [6, 6.07) is 0. The highest BCUT2D eigenvalue weighted by Crippen LogP contribution is 2.24. The van der Waals surface area contributed by atoms with E-state index >= 15 is 0 Å². The van der Waals surface area contributed by atoms with E-state index in [1.807, 2.05) is 0 Å². The van der Waals surface area contributed by atoms with Crippen LogP contribution in [-0.2, 0) is 14.3 Å². The Labute approximate surface area is 60.3 Å². The molecule has 10 heavy (non-hydrogen) atoms. The third kappa shape index (κ3) is 1.36. The lowest BCUT2D eigenvalue weighted by Crippen LogP contribution is -2.31. The summed E-state index contributed by atoms with van der Waals surface area (Å²) in [5.41, 5.74) is -0.304. The molecular weight excluding hydrogens is 132 g/mol. The van der Waals surface area contributed by atoms with Gasteiger partial charge < -0.3 is 14.3 Å². The first-order chi connectivity index (χ1) is 4.83. The molecule has 0 spiro atoms. The van der Waals surface area contributed by atoms with Gasteiger partial charge in [-0.25, -0.2) is 0 Å². The largest absolute Gasteiger partial charge is 0.378 e. The highest BCUT2D eigenvalue weighted by molar-refractivity contribution is 5.51. The van der Waals surface area contributed by atoms with E-state index < -0.39 is 0 Å². The van der Waals surface area contributed by atoms with Crippen molar-refractivity contribution in [3.05, 3.63) is 0 Å². The maximum absolute atomic E-state index is 10.2. The Morgan fingerprint density at radius 3 is 3.00 bits per heavy atom. The molecule has 1 fully saturated rings. The average Bonchev–Trinajstić information content (AvgIpc) is 2.39. The van der Waals surface area contributed by atoms with Crippen molar-refractivity contribution < 1.29 is 14.3 Å². The number of aldehydes is 1. The predicted octanol–water partition coefficient (Wildman–Crippen LogP) is 0.381. The zero-order valence-corrected chi connectivity index (χ0v) is 6.13. The molecule has 0 N–H and O–H groups in total. The van der Waals surface area contributed by atoms with E-state index in [1.54, 1.807) is 7.11 Å². The van der Waals surface area contributed by atoms with Crippen LogP contribution < -0.4 is 0 Å². The van der Waals surface area contributed by atoms with Crippen molar-refractivity contribution in [1.82, 2.24) is 0 Å². The average molecular weight is 144 g/mol. The molecule has 1 aliphatic heterocycles. The van der Waals surface area contributed by atoms with Crippen LogP contribution in [0.25, 0.3) is 0 Å². The molecular formula is C7H12O3. The Hall–Kier alpha value is -0.410. The van der Waals surface area contributed by atoms with Crippen LogP contribution in [0, 0.1) is 0 Å². The monoisotopic (exact) mass is 144 g/mol. The molecule has 1 saturated heterocycles. The molecule has 0 aromatic rings. The number of ether oxygens (including phenoxy) is 2. The van der Waals surface area contributed by atoms with Crippen molar-refractivity contribution in [2.45, 2.75) is 18.4 Å². The lowest BCUT2D eigenvalue weighted by molar-refractivity contribution is -0.114. The van der Waals surface area contributed by atoms with Crippen molar-refractivity contribution >= 4 is 6.29 Å². The summed E-state index contributed by atoms with van der Waals surface area (Å²) in [7, 11) is 1.62. The number of rotatable bonds is 3. The lowest BCUT2D eigenvalue weighted by Gasteiger charge is -2.22. The molecule has 1 rings (SSSR count). The van der Waals surface area contributed by atoms with E-state index in [2.05, 4.69) is 0 Å². The van der Waals surface area contributed by atoms with E-state index in [1.165, 1.54) is 0 Å². The zero-order chi connectivity index (χ0) is 7.45. The van der Waals surface area contributed by atoms with Crippen LogP contribution >= 0.6 is 0 Å². The molecule has 0 aromatic carbocycles. The Kier molecular flexibility index (Phi) is 2.40. The fourth-order valence-corrected chi connectivity index (χ4v) is 1.15. The van der Waals surface area contributed by atoms with Crippen LogP contribution in [0.1, 0.15) is 12.8 Å². The molecule has 1 unspecified atom stereocenters. The molecule has 3 heteroatoms. The minimum Gasteiger partial charge on any atom is -0.378 e. The predicted molar refractivity (Wildman–Crippen MR) is 35.9 cm³/mol. The van der Waals surface area contributed by atoms with Gasteiger partial charge in [0.05, 0.1) is 12.2 Å². The summed E-state index contributed by atoms with van der Waals surface area (Å²) in [5, 5.41) is 0. The van der Waals surface area contributed by atoms with Crippen molar-refractivity contribution in [2.75, 3.05) is 20.3 Å². The van der Waals surface area contributed by atoms with Gasteiger partial charge in [-0.15, -0.1) is 0 Å². The van der Waals surface area contributed by atoms with E-state index in [4.69, 9.17) is 9.47 Å². The van der Waals surface area contributed by atoms with Gasteiger partial charge in [-0.3, -0.25) is 0 Å². The summed E-state index contributed by atoms with van der Waals surface area (Å²) in [5.74, 6) is 0. The normalized spacial score (nSPS) is 32.5. The van der Waals surface area contributed by atoms with Gasteiger partial charge in [-0.2, -0.15) is 0 Å². The molecule has 0 bridgehead atoms. The second kappa shape index (κ2) is 3.12. The van der Waals surface area contributed by atoms with Crippen molar-refractivity contribution in [2.24, 2.45) is 0 Å². The van der Waals surface area contributed by atoms with Gasteiger partial charge >= 0.3 is 0 Å². The molecule has 0 radical (unpaired) electrons. The maximum atomic E-state index is 10.2. The first kappa shape index (κ1) is 7.69. The first-order valence-corrected chi connectivity index (χ1v) is 3.39. The highest BCUT2D eigenvalue weighted by Gasteiger charge is 2.34. The van der Waals surface area contributed by atoms with Crippen molar-refractivity contribution in [1.29, 1.82) is 0 Å². The van der Waals surface area contributed by atoms with Crippen molar-refractivity contribution in [3.8, 4) is 0 Å². The zero-order valence-electron chi connectivity index (χ0n) is 6.13. The van der Waals surface area contributed by atoms with E-state index in [-0.39, 0.29) is 5.60 Å². The van der Waals surface area contributed by atoms with Gasteiger partial charge in [-0.1, -0.05) is 0 Å². The van der Waals surface area contributed by atoms with Gasteiger partial charge in [-0.05, 0) is 0 Å². The third-order valence-corrected chi connectivity index (χ3v) is 1.96. The van der Waals surface area contributed by atoms with Gasteiger partial charge in [0.2, 0.25) is 0 Å². The smallest absolute Gasteiger partial charge is 0.122 e. The van der Waals surface area contributed by atoms with Crippen LogP contribution in [0.5, 0.6) is 0 Å². The first-order valence-electron chi connectivity index (χ1n) is 3.39. The summed E-state index contributed by atoms with van der Waals surface area (Å²) in [4.78, 5) is 10.2. The van der Waals surface area contributed by atoms with Gasteiger partial charge in [0, 0.05) is 26.6 Å². The standard InChI is InChI=1S/C7H12O3/c1-9-7(2-4-8)3-5-10-6-7/h4H,2-3,5-6H2,1H3. The fraction of sp³-hybridized carbons (Fsp3) is 0.857. The number of carbonyl (C=O) groups excluding carboxylic acids is 1. The van der Waals surface area contributed by atoms with Gasteiger partial charge in [0.15, 0.2) is 0 Å². The molecule has 58 valence electrons. The lowest BCUT2D eigenvalue weighted by atomic mass is 10.00. The topological polar surface area (TPSA) is 35.5 Å². The Bertz CT molecular complexity index is 116. The maximum Gasteiger partial charge on any atom is 0.122 e. The third-order valence-electron chi connectivity index (χ3n) is 1.96. The Balaban J connectivity index is 2.48. The Morgan fingerprint density at radius 1 is 1.80 bits per heavy atom. The fourth-order valence-electron chi connectivity index (χ4n) is 1.15. The van der Waals surface area contributed by atoms with Crippen LogP contribution in [0.15, 0.2) is 0 Å². The highest BCUT2D eigenvalue weighted by atomic mass is 16.5. The number of methoxy groups -OCH3 is 1. The second-order valence-electron chi connectivity index (χ2n) is 2.56. The van der Waals surface area contributed by atoms with Crippen LogP contribution in [0.2, 0.25) is 0 Å². The number of hydrogen-bond acceptors (Lipinski definition) is 3. The van der Waals surface area contributed by atoms with E-state index in [9.17, 15) is 4.79 Å². The summed E-state index contributed by atoms with van der Waals surface area (Å²) >= 11 is 0. The molecule has 1 heterocycles. The summed E-state index contributed by atoms with van der Waals surface area (Å²) in [6.45, 7) is 1.27. The summed E-state index contributed by atoms with van der Waals surface area (Å²) in [6.07, 6.45) is 2.17. The quantitative estimate of drug-likeness (QED) is 0.537. The minimum absolute atomic E-state index is 0.304. The number of hydrogen-bond donors (Lipinski definition) is 0. The Morgan fingerprint density at radius 2 is 2.60 bits per heavy atom. The molecule has 0 aromatic heterocycles. The molecule has 0 amide bonds. The van der Waals surface area contributed by atoms with Crippen LogP contribution in [0.4, 0.5) is 0 Å². The van der Waals surface area contributed by atoms with Crippen LogP contribution in [-0.4, -0.2) is 32.2 Å². The van der Waals surface area contributed by atoms with Gasteiger partial charge in [0.25, 0.3) is 0 Å². The van der Waals surface area contributed by atoms with E-state index in [0.717, 1.165) is 12.7 Å². The second-order valence-corrected chi connectivity index (χ2v) is 2.56. The van der Waals surface area contributed by atoms with Crippen LogP contribution in [0.3, 0.4) is 0 Å². The number of carbonyl (C=O) groups is 1. The molecule has 3 nitrogen and oxygen atoms in total. The molecule has 0 saturated carbocycles. The minimum atomic E-state index is -0.304. The SMILES string of the molecule is COC1(CC=O)CCOC1. The molecule has 1 atom stereocenters. The van der Waals surface area contributed by atoms with E-state index in [0.29, 0.717) is 19.6 Å². The summed E-state index contributed by atoms with van der Waals surface area (Å²) < 4.78 is 10.3. The molecule has 0 aliphatic carbocycles.